The molecule has 1 N–H and O–H groups in total. The zero-order chi connectivity index (χ0) is 11.7. The Bertz CT molecular complexity index is 556. The molecule has 1 fully saturated rings. The van der Waals surface area contributed by atoms with E-state index in [0.29, 0.717) is 6.54 Å². The summed E-state index contributed by atoms with van der Waals surface area (Å²) >= 11 is 0. The lowest BCUT2D eigenvalue weighted by Crippen LogP contribution is -2.24. The summed E-state index contributed by atoms with van der Waals surface area (Å²) in [5.74, 6) is 0.453. The van der Waals surface area contributed by atoms with Gasteiger partial charge in [0.25, 0.3) is 0 Å². The largest absolute Gasteiger partial charge is 0.352 e. The van der Waals surface area contributed by atoms with Crippen LogP contribution >= 0.6 is 0 Å². The predicted molar refractivity (Wildman–Crippen MR) is 66.3 cm³/mol. The highest BCUT2D eigenvalue weighted by molar-refractivity contribution is 5.84. The van der Waals surface area contributed by atoms with Crippen molar-refractivity contribution in [1.29, 1.82) is 0 Å². The molecule has 2 aromatic rings. The Balaban J connectivity index is 1.82. The molecule has 1 amide bonds. The van der Waals surface area contributed by atoms with E-state index in [9.17, 15) is 4.79 Å². The van der Waals surface area contributed by atoms with Crippen LogP contribution in [0, 0.1) is 5.92 Å². The van der Waals surface area contributed by atoms with E-state index >= 15 is 0 Å². The number of nitrogens with one attached hydrogen (secondary N) is 1. The van der Waals surface area contributed by atoms with E-state index < -0.39 is 0 Å². The van der Waals surface area contributed by atoms with Gasteiger partial charge in [0.2, 0.25) is 5.91 Å². The third-order valence-corrected chi connectivity index (χ3v) is 3.14. The average Bonchev–Trinajstić information content (AvgIpc) is 3.20. The highest BCUT2D eigenvalue weighted by Gasteiger charge is 2.29. The molecule has 3 nitrogen and oxygen atoms in total. The molecular weight excluding hydrogens is 212 g/mol. The lowest BCUT2D eigenvalue weighted by molar-refractivity contribution is -0.122. The summed E-state index contributed by atoms with van der Waals surface area (Å²) in [6, 6.07) is 9.97. The first-order valence-electron chi connectivity index (χ1n) is 5.95. The molecule has 1 aromatic heterocycles. The molecule has 1 saturated carbocycles. The smallest absolute Gasteiger partial charge is 0.223 e. The summed E-state index contributed by atoms with van der Waals surface area (Å²) in [6.45, 7) is 0.596. The zero-order valence-corrected chi connectivity index (χ0v) is 9.52. The molecule has 0 spiro atoms. The van der Waals surface area contributed by atoms with Gasteiger partial charge in [-0.1, -0.05) is 18.2 Å². The van der Waals surface area contributed by atoms with E-state index in [1.807, 2.05) is 30.3 Å². The monoisotopic (exact) mass is 226 g/mol. The minimum Gasteiger partial charge on any atom is -0.352 e. The number of nitrogens with zero attached hydrogens (tertiary/aromatic N) is 1. The maximum absolute atomic E-state index is 11.6. The van der Waals surface area contributed by atoms with Gasteiger partial charge in [0.15, 0.2) is 0 Å². The van der Waals surface area contributed by atoms with Crippen molar-refractivity contribution in [2.75, 3.05) is 0 Å². The van der Waals surface area contributed by atoms with Crippen LogP contribution in [0.25, 0.3) is 10.9 Å². The number of carbonyl (C=O) groups is 1. The summed E-state index contributed by atoms with van der Waals surface area (Å²) in [6.07, 6.45) is 3.88. The van der Waals surface area contributed by atoms with E-state index in [-0.39, 0.29) is 11.8 Å². The summed E-state index contributed by atoms with van der Waals surface area (Å²) in [5.41, 5.74) is 2.11. The summed E-state index contributed by atoms with van der Waals surface area (Å²) < 4.78 is 0. The van der Waals surface area contributed by atoms with Crippen LogP contribution in [-0.2, 0) is 11.3 Å². The summed E-state index contributed by atoms with van der Waals surface area (Å²) in [7, 11) is 0. The van der Waals surface area contributed by atoms with Gasteiger partial charge in [-0.05, 0) is 30.5 Å². The van der Waals surface area contributed by atoms with Gasteiger partial charge in [0.1, 0.15) is 0 Å². The Morgan fingerprint density at radius 1 is 1.29 bits per heavy atom. The number of rotatable bonds is 3. The van der Waals surface area contributed by atoms with Crippen LogP contribution in [0.1, 0.15) is 18.4 Å². The van der Waals surface area contributed by atoms with Crippen LogP contribution in [0.3, 0.4) is 0 Å². The van der Waals surface area contributed by atoms with Crippen molar-refractivity contribution < 1.29 is 4.79 Å². The first-order chi connectivity index (χ1) is 8.34. The van der Waals surface area contributed by atoms with Gasteiger partial charge in [0, 0.05) is 24.0 Å². The third-order valence-electron chi connectivity index (χ3n) is 3.14. The normalized spacial score (nSPS) is 14.8. The molecule has 1 aliphatic rings. The lowest BCUT2D eigenvalue weighted by atomic mass is 10.1. The van der Waals surface area contributed by atoms with E-state index in [4.69, 9.17) is 0 Å². The number of aromatic nitrogens is 1. The van der Waals surface area contributed by atoms with Crippen molar-refractivity contribution in [3.05, 3.63) is 42.1 Å². The molecule has 1 aliphatic carbocycles. The second-order valence-corrected chi connectivity index (χ2v) is 4.48. The molecule has 0 unspecified atom stereocenters. The van der Waals surface area contributed by atoms with Crippen molar-refractivity contribution in [3.63, 3.8) is 0 Å². The molecule has 17 heavy (non-hydrogen) atoms. The first kappa shape index (κ1) is 10.3. The minimum absolute atomic E-state index is 0.186. The van der Waals surface area contributed by atoms with Crippen LogP contribution in [0.5, 0.6) is 0 Å². The quantitative estimate of drug-likeness (QED) is 0.872. The fourth-order valence-electron chi connectivity index (χ4n) is 1.99. The Morgan fingerprint density at radius 2 is 2.18 bits per heavy atom. The molecule has 0 atom stereocenters. The van der Waals surface area contributed by atoms with Gasteiger partial charge in [0.05, 0.1) is 5.52 Å². The number of carbonyl (C=O) groups excluding carboxylic acids is 1. The van der Waals surface area contributed by atoms with Gasteiger partial charge in [-0.2, -0.15) is 0 Å². The Labute approximate surface area is 99.9 Å². The van der Waals surface area contributed by atoms with Gasteiger partial charge in [-0.25, -0.2) is 0 Å². The summed E-state index contributed by atoms with van der Waals surface area (Å²) in [4.78, 5) is 15.9. The Kier molecular flexibility index (Phi) is 2.52. The Morgan fingerprint density at radius 3 is 3.00 bits per heavy atom. The van der Waals surface area contributed by atoms with Crippen LogP contribution < -0.4 is 5.32 Å². The van der Waals surface area contributed by atoms with Crippen LogP contribution in [0.15, 0.2) is 36.5 Å². The highest BCUT2D eigenvalue weighted by atomic mass is 16.2. The first-order valence-corrected chi connectivity index (χ1v) is 5.95. The van der Waals surface area contributed by atoms with Crippen LogP contribution in [0.4, 0.5) is 0 Å². The van der Waals surface area contributed by atoms with Crippen LogP contribution in [-0.4, -0.2) is 10.9 Å². The SMILES string of the molecule is O=C(NCc1cccc2ncccc12)C1CC1. The van der Waals surface area contributed by atoms with E-state index in [2.05, 4.69) is 10.3 Å². The molecule has 3 heteroatoms. The van der Waals surface area contributed by atoms with E-state index in [1.54, 1.807) is 6.20 Å². The lowest BCUT2D eigenvalue weighted by Gasteiger charge is -2.07. The van der Waals surface area contributed by atoms with Gasteiger partial charge >= 0.3 is 0 Å². The second-order valence-electron chi connectivity index (χ2n) is 4.48. The standard InChI is InChI=1S/C14H14N2O/c17-14(10-6-7-10)16-9-11-3-1-5-13-12(11)4-2-8-15-13/h1-5,8,10H,6-7,9H2,(H,16,17). The number of hydrogen-bond donors (Lipinski definition) is 1. The Hall–Kier alpha value is -1.90. The molecule has 3 rings (SSSR count). The molecule has 0 bridgehead atoms. The van der Waals surface area contributed by atoms with Crippen molar-refractivity contribution in [1.82, 2.24) is 10.3 Å². The predicted octanol–water partition coefficient (Wildman–Crippen LogP) is 2.26. The number of benzene rings is 1. The fourth-order valence-corrected chi connectivity index (χ4v) is 1.99. The van der Waals surface area contributed by atoms with Crippen molar-refractivity contribution in [2.24, 2.45) is 5.92 Å². The minimum atomic E-state index is 0.186. The van der Waals surface area contributed by atoms with Crippen molar-refractivity contribution >= 4 is 16.8 Å². The van der Waals surface area contributed by atoms with Crippen molar-refractivity contribution in [3.8, 4) is 0 Å². The van der Waals surface area contributed by atoms with Crippen LogP contribution in [0.2, 0.25) is 0 Å². The number of amides is 1. The van der Waals surface area contributed by atoms with Crippen molar-refractivity contribution in [2.45, 2.75) is 19.4 Å². The molecule has 0 aliphatic heterocycles. The summed E-state index contributed by atoms with van der Waals surface area (Å²) in [5, 5.41) is 4.10. The van der Waals surface area contributed by atoms with Gasteiger partial charge in [-0.3, -0.25) is 9.78 Å². The molecule has 1 heterocycles. The topological polar surface area (TPSA) is 42.0 Å². The second kappa shape index (κ2) is 4.17. The van der Waals surface area contributed by atoms with E-state index in [0.717, 1.165) is 29.3 Å². The number of hydrogen-bond acceptors (Lipinski definition) is 2. The number of fused-ring (bicyclic) bond motifs is 1. The molecule has 1 aromatic carbocycles. The highest BCUT2D eigenvalue weighted by Crippen LogP contribution is 2.29. The molecular formula is C14H14N2O. The molecule has 0 saturated heterocycles. The van der Waals surface area contributed by atoms with E-state index in [1.165, 1.54) is 0 Å². The molecule has 86 valence electrons. The molecule has 0 radical (unpaired) electrons. The average molecular weight is 226 g/mol. The zero-order valence-electron chi connectivity index (χ0n) is 9.52. The third kappa shape index (κ3) is 2.13. The number of pyridine rings is 1. The fraction of sp³-hybridized carbons (Fsp3) is 0.286. The maximum Gasteiger partial charge on any atom is 0.223 e. The van der Waals surface area contributed by atoms with Gasteiger partial charge < -0.3 is 5.32 Å². The van der Waals surface area contributed by atoms with Gasteiger partial charge in [-0.15, -0.1) is 0 Å². The maximum atomic E-state index is 11.6.